The molecule has 0 bridgehead atoms. The van der Waals surface area contributed by atoms with Gasteiger partial charge in [-0.05, 0) is 12.5 Å². The molecule has 2 rings (SSSR count). The Hall–Kier alpha value is -2.08. The van der Waals surface area contributed by atoms with Crippen LogP contribution < -0.4 is 5.32 Å². The van der Waals surface area contributed by atoms with Crippen molar-refractivity contribution in [3.05, 3.63) is 35.9 Å². The summed E-state index contributed by atoms with van der Waals surface area (Å²) in [5.74, 6) is 0.322. The van der Waals surface area contributed by atoms with Gasteiger partial charge in [-0.1, -0.05) is 30.3 Å². The third kappa shape index (κ3) is 4.96. The molecule has 126 valence electrons. The zero-order valence-corrected chi connectivity index (χ0v) is 13.6. The monoisotopic (exact) mass is 319 g/mol. The Labute approximate surface area is 137 Å². The molecule has 23 heavy (non-hydrogen) atoms. The van der Waals surface area contributed by atoms with Crippen LogP contribution in [0.4, 0.5) is 4.79 Å². The Kier molecular flexibility index (Phi) is 6.40. The molecule has 1 saturated heterocycles. The van der Waals surface area contributed by atoms with Crippen LogP contribution in [-0.2, 0) is 11.3 Å². The molecule has 1 aromatic carbocycles. The molecule has 0 unspecified atom stereocenters. The van der Waals surface area contributed by atoms with Crippen LogP contribution in [0.25, 0.3) is 0 Å². The minimum atomic E-state index is -0.203. The van der Waals surface area contributed by atoms with E-state index in [2.05, 4.69) is 5.32 Å². The summed E-state index contributed by atoms with van der Waals surface area (Å²) in [6, 6.07) is 9.47. The lowest BCUT2D eigenvalue weighted by molar-refractivity contribution is -0.127. The topological polar surface area (TPSA) is 72.9 Å². The first-order valence-corrected chi connectivity index (χ1v) is 8.09. The van der Waals surface area contributed by atoms with Gasteiger partial charge in [0.25, 0.3) is 0 Å². The molecule has 1 heterocycles. The van der Waals surface area contributed by atoms with Gasteiger partial charge in [0.2, 0.25) is 5.91 Å². The van der Waals surface area contributed by atoms with Gasteiger partial charge < -0.3 is 20.2 Å². The van der Waals surface area contributed by atoms with Gasteiger partial charge in [-0.2, -0.15) is 0 Å². The fourth-order valence-corrected chi connectivity index (χ4v) is 2.82. The molecule has 1 aromatic rings. The number of carbonyl (C=O) groups is 2. The molecule has 0 spiro atoms. The molecule has 0 radical (unpaired) electrons. The number of aliphatic hydroxyl groups is 1. The van der Waals surface area contributed by atoms with Gasteiger partial charge in [-0.3, -0.25) is 4.79 Å². The molecule has 0 aromatic heterocycles. The molecule has 3 amide bonds. The van der Waals surface area contributed by atoms with Crippen molar-refractivity contribution >= 4 is 11.9 Å². The maximum Gasteiger partial charge on any atom is 0.317 e. The van der Waals surface area contributed by atoms with Gasteiger partial charge in [-0.25, -0.2) is 4.79 Å². The maximum atomic E-state index is 12.3. The maximum absolute atomic E-state index is 12.3. The Morgan fingerprint density at radius 2 is 2.13 bits per heavy atom. The smallest absolute Gasteiger partial charge is 0.317 e. The number of aliphatic hydroxyl groups excluding tert-OH is 1. The SMILES string of the molecule is CCN1C[C@H](CNC(=O)N(CCO)Cc2ccccc2)CC1=O. The van der Waals surface area contributed by atoms with Crippen molar-refractivity contribution < 1.29 is 14.7 Å². The minimum Gasteiger partial charge on any atom is -0.395 e. The number of nitrogens with one attached hydrogen (secondary N) is 1. The van der Waals surface area contributed by atoms with Crippen molar-refractivity contribution in [2.45, 2.75) is 19.9 Å². The Morgan fingerprint density at radius 1 is 1.39 bits per heavy atom. The van der Waals surface area contributed by atoms with Crippen molar-refractivity contribution in [3.8, 4) is 0 Å². The molecule has 0 aliphatic carbocycles. The average Bonchev–Trinajstić information content (AvgIpc) is 2.93. The summed E-state index contributed by atoms with van der Waals surface area (Å²) in [7, 11) is 0. The lowest BCUT2D eigenvalue weighted by Gasteiger charge is -2.23. The molecule has 0 saturated carbocycles. The quantitative estimate of drug-likeness (QED) is 0.789. The standard InChI is InChI=1S/C17H25N3O3/c1-2-19-13-15(10-16(19)22)11-18-17(23)20(8-9-21)12-14-6-4-3-5-7-14/h3-7,15,21H,2,8-13H2,1H3,(H,18,23)/t15-/m0/s1. The van der Waals surface area contributed by atoms with Crippen molar-refractivity contribution in [1.29, 1.82) is 0 Å². The number of likely N-dealkylation sites (tertiary alicyclic amines) is 1. The molecular weight excluding hydrogens is 294 g/mol. The van der Waals surface area contributed by atoms with Gasteiger partial charge in [0.15, 0.2) is 0 Å². The van der Waals surface area contributed by atoms with Crippen LogP contribution in [0.2, 0.25) is 0 Å². The average molecular weight is 319 g/mol. The van der Waals surface area contributed by atoms with Gasteiger partial charge in [0.05, 0.1) is 6.61 Å². The van der Waals surface area contributed by atoms with Crippen LogP contribution in [0.5, 0.6) is 0 Å². The fraction of sp³-hybridized carbons (Fsp3) is 0.529. The highest BCUT2D eigenvalue weighted by Crippen LogP contribution is 2.16. The summed E-state index contributed by atoms with van der Waals surface area (Å²) in [5, 5.41) is 12.1. The summed E-state index contributed by atoms with van der Waals surface area (Å²) < 4.78 is 0. The van der Waals surface area contributed by atoms with Crippen molar-refractivity contribution in [3.63, 3.8) is 0 Å². The number of hydrogen-bond acceptors (Lipinski definition) is 3. The van der Waals surface area contributed by atoms with Crippen LogP contribution in [-0.4, -0.2) is 59.6 Å². The highest BCUT2D eigenvalue weighted by atomic mass is 16.3. The Bertz CT molecular complexity index is 521. The number of hydrogen-bond donors (Lipinski definition) is 2. The lowest BCUT2D eigenvalue weighted by atomic mass is 10.1. The van der Waals surface area contributed by atoms with Gasteiger partial charge in [0, 0.05) is 45.1 Å². The van der Waals surface area contributed by atoms with E-state index in [9.17, 15) is 14.7 Å². The van der Waals surface area contributed by atoms with E-state index in [0.717, 1.165) is 5.56 Å². The summed E-state index contributed by atoms with van der Waals surface area (Å²) in [4.78, 5) is 27.4. The third-order valence-electron chi connectivity index (χ3n) is 4.09. The fourth-order valence-electron chi connectivity index (χ4n) is 2.82. The highest BCUT2D eigenvalue weighted by molar-refractivity contribution is 5.79. The van der Waals surface area contributed by atoms with E-state index >= 15 is 0 Å². The van der Waals surface area contributed by atoms with E-state index in [0.29, 0.717) is 32.6 Å². The second-order valence-corrected chi connectivity index (χ2v) is 5.82. The van der Waals surface area contributed by atoms with Gasteiger partial charge in [-0.15, -0.1) is 0 Å². The van der Waals surface area contributed by atoms with E-state index in [1.54, 1.807) is 4.90 Å². The second-order valence-electron chi connectivity index (χ2n) is 5.82. The predicted octanol–water partition coefficient (Wildman–Crippen LogP) is 1.06. The van der Waals surface area contributed by atoms with Crippen LogP contribution in [0, 0.1) is 5.92 Å². The van der Waals surface area contributed by atoms with E-state index in [1.807, 2.05) is 42.2 Å². The number of amides is 3. The summed E-state index contributed by atoms with van der Waals surface area (Å²) in [6.45, 7) is 4.52. The zero-order chi connectivity index (χ0) is 16.7. The normalized spacial score (nSPS) is 17.4. The van der Waals surface area contributed by atoms with Crippen LogP contribution in [0.3, 0.4) is 0 Å². The molecule has 1 atom stereocenters. The molecule has 1 aliphatic rings. The molecule has 6 heteroatoms. The van der Waals surface area contributed by atoms with E-state index in [4.69, 9.17) is 0 Å². The number of carbonyl (C=O) groups excluding carboxylic acids is 2. The highest BCUT2D eigenvalue weighted by Gasteiger charge is 2.28. The first-order chi connectivity index (χ1) is 11.1. The summed E-state index contributed by atoms with van der Waals surface area (Å²) in [5.41, 5.74) is 1.02. The van der Waals surface area contributed by atoms with E-state index in [1.165, 1.54) is 0 Å². The van der Waals surface area contributed by atoms with Gasteiger partial charge in [0.1, 0.15) is 0 Å². The number of benzene rings is 1. The molecule has 6 nitrogen and oxygen atoms in total. The number of nitrogens with zero attached hydrogens (tertiary/aromatic N) is 2. The molecule has 1 aliphatic heterocycles. The van der Waals surface area contributed by atoms with Crippen molar-refractivity contribution in [1.82, 2.24) is 15.1 Å². The third-order valence-corrected chi connectivity index (χ3v) is 4.09. The van der Waals surface area contributed by atoms with Crippen molar-refractivity contribution in [2.75, 3.05) is 32.8 Å². The van der Waals surface area contributed by atoms with E-state index < -0.39 is 0 Å². The first-order valence-electron chi connectivity index (χ1n) is 8.09. The lowest BCUT2D eigenvalue weighted by Crippen LogP contribution is -2.43. The van der Waals surface area contributed by atoms with Crippen LogP contribution in [0.1, 0.15) is 18.9 Å². The zero-order valence-electron chi connectivity index (χ0n) is 13.6. The van der Waals surface area contributed by atoms with E-state index in [-0.39, 0.29) is 31.0 Å². The molecular formula is C17H25N3O3. The Morgan fingerprint density at radius 3 is 2.74 bits per heavy atom. The minimum absolute atomic E-state index is 0.0776. The Balaban J connectivity index is 1.85. The summed E-state index contributed by atoms with van der Waals surface area (Å²) >= 11 is 0. The van der Waals surface area contributed by atoms with Crippen LogP contribution >= 0.6 is 0 Å². The second kappa shape index (κ2) is 8.53. The molecule has 1 fully saturated rings. The predicted molar refractivity (Wildman–Crippen MR) is 87.7 cm³/mol. The summed E-state index contributed by atoms with van der Waals surface area (Å²) in [6.07, 6.45) is 0.493. The number of rotatable bonds is 7. The molecule has 2 N–H and O–H groups in total. The van der Waals surface area contributed by atoms with Crippen molar-refractivity contribution in [2.24, 2.45) is 5.92 Å². The largest absolute Gasteiger partial charge is 0.395 e. The first kappa shape index (κ1) is 17.3. The number of urea groups is 1. The van der Waals surface area contributed by atoms with Gasteiger partial charge >= 0.3 is 6.03 Å². The van der Waals surface area contributed by atoms with Crippen LogP contribution in [0.15, 0.2) is 30.3 Å².